The Kier molecular flexibility index (Phi) is 6.31. The number of nitrogens with zero attached hydrogens (tertiary/aromatic N) is 5. The van der Waals surface area contributed by atoms with E-state index in [1.807, 2.05) is 18.2 Å². The Morgan fingerprint density at radius 2 is 1.93 bits per heavy atom. The van der Waals surface area contributed by atoms with Crippen LogP contribution in [0.3, 0.4) is 0 Å². The monoisotopic (exact) mass is 440 g/mol. The number of rotatable bonds is 8. The molecule has 30 heavy (non-hydrogen) atoms. The van der Waals surface area contributed by atoms with Crippen LogP contribution in [0, 0.1) is 13.8 Å². The van der Waals surface area contributed by atoms with Crippen LogP contribution in [0.25, 0.3) is 10.2 Å². The first-order valence-electron chi connectivity index (χ1n) is 9.66. The number of nitrogen functional groups attached to an aromatic ring is 1. The normalized spacial score (nSPS) is 11.4. The Labute approximate surface area is 183 Å². The Bertz CT molecular complexity index is 1160. The summed E-state index contributed by atoms with van der Waals surface area (Å²) in [5, 5.41) is 10.7. The fourth-order valence-corrected chi connectivity index (χ4v) is 5.16. The van der Waals surface area contributed by atoms with Gasteiger partial charge in [-0.15, -0.1) is 21.5 Å². The van der Waals surface area contributed by atoms with E-state index in [0.29, 0.717) is 30.5 Å². The minimum atomic E-state index is 0.545. The van der Waals surface area contributed by atoms with Crippen LogP contribution in [0.1, 0.15) is 27.7 Å². The number of hydrogen-bond donors (Lipinski definition) is 1. The van der Waals surface area contributed by atoms with E-state index in [0.717, 1.165) is 33.2 Å². The topological polar surface area (TPSA) is 91.7 Å². The second-order valence-corrected chi connectivity index (χ2v) is 9.13. The molecule has 9 heteroatoms. The van der Waals surface area contributed by atoms with Crippen molar-refractivity contribution in [1.82, 2.24) is 24.7 Å². The molecule has 156 valence electrons. The first kappa shape index (κ1) is 20.8. The standard InChI is InChI=1S/C21H24N6OS2/c1-13-14(2)30-20-18(13)19(22)23-16(24-20)12-29-21-26-25-17(27(21)9-10-28-3)11-15-7-5-4-6-8-15/h4-8H,9-12H2,1-3H3,(H2,22,23,24). The molecule has 0 aliphatic carbocycles. The van der Waals surface area contributed by atoms with Gasteiger partial charge in [0.25, 0.3) is 0 Å². The molecule has 0 aliphatic rings. The number of anilines is 1. The van der Waals surface area contributed by atoms with E-state index in [1.165, 1.54) is 10.4 Å². The number of methoxy groups -OCH3 is 1. The molecule has 0 radical (unpaired) electrons. The van der Waals surface area contributed by atoms with Crippen LogP contribution in [0.15, 0.2) is 35.5 Å². The molecule has 0 saturated carbocycles. The minimum Gasteiger partial charge on any atom is -0.383 e. The van der Waals surface area contributed by atoms with Crippen molar-refractivity contribution < 1.29 is 4.74 Å². The predicted octanol–water partition coefficient (Wildman–Crippen LogP) is 4.01. The number of benzene rings is 1. The Morgan fingerprint density at radius 3 is 2.70 bits per heavy atom. The number of nitrogens with two attached hydrogens (primary N) is 1. The van der Waals surface area contributed by atoms with Gasteiger partial charge in [0.1, 0.15) is 22.3 Å². The lowest BCUT2D eigenvalue weighted by Gasteiger charge is -2.10. The van der Waals surface area contributed by atoms with E-state index in [4.69, 9.17) is 15.5 Å². The molecule has 3 heterocycles. The second-order valence-electron chi connectivity index (χ2n) is 6.98. The van der Waals surface area contributed by atoms with Gasteiger partial charge in [-0.1, -0.05) is 42.1 Å². The molecule has 0 atom stereocenters. The molecule has 0 aliphatic heterocycles. The van der Waals surface area contributed by atoms with Gasteiger partial charge >= 0.3 is 0 Å². The number of ether oxygens (including phenoxy) is 1. The van der Waals surface area contributed by atoms with Crippen LogP contribution in [0.2, 0.25) is 0 Å². The van der Waals surface area contributed by atoms with Gasteiger partial charge in [-0.2, -0.15) is 0 Å². The lowest BCUT2D eigenvalue weighted by atomic mass is 10.1. The average molecular weight is 441 g/mol. The Hall–Kier alpha value is -2.49. The summed E-state index contributed by atoms with van der Waals surface area (Å²) in [6.45, 7) is 5.44. The average Bonchev–Trinajstić information content (AvgIpc) is 3.25. The fraction of sp³-hybridized carbons (Fsp3) is 0.333. The van der Waals surface area contributed by atoms with E-state index < -0.39 is 0 Å². The van der Waals surface area contributed by atoms with Crippen molar-refractivity contribution in [2.45, 2.75) is 37.7 Å². The van der Waals surface area contributed by atoms with Crippen molar-refractivity contribution in [3.05, 3.63) is 58.0 Å². The third-order valence-electron chi connectivity index (χ3n) is 4.95. The van der Waals surface area contributed by atoms with Crippen molar-refractivity contribution in [3.63, 3.8) is 0 Å². The van der Waals surface area contributed by atoms with Crippen LogP contribution < -0.4 is 5.73 Å². The summed E-state index contributed by atoms with van der Waals surface area (Å²) in [5.41, 5.74) is 8.59. The number of thioether (sulfide) groups is 1. The lowest BCUT2D eigenvalue weighted by Crippen LogP contribution is -2.10. The number of aromatic nitrogens is 5. The molecule has 4 rings (SSSR count). The zero-order valence-electron chi connectivity index (χ0n) is 17.3. The smallest absolute Gasteiger partial charge is 0.191 e. The zero-order valence-corrected chi connectivity index (χ0v) is 18.9. The highest BCUT2D eigenvalue weighted by Crippen LogP contribution is 2.32. The first-order valence-corrected chi connectivity index (χ1v) is 11.5. The van der Waals surface area contributed by atoms with Crippen LogP contribution in [0.4, 0.5) is 5.82 Å². The highest BCUT2D eigenvalue weighted by Gasteiger charge is 2.16. The third kappa shape index (κ3) is 4.33. The molecule has 0 saturated heterocycles. The van der Waals surface area contributed by atoms with Gasteiger partial charge in [-0.05, 0) is 25.0 Å². The van der Waals surface area contributed by atoms with Crippen molar-refractivity contribution in [3.8, 4) is 0 Å². The predicted molar refractivity (Wildman–Crippen MR) is 122 cm³/mol. The number of thiophene rings is 1. The number of fused-ring (bicyclic) bond motifs is 1. The van der Waals surface area contributed by atoms with E-state index in [9.17, 15) is 0 Å². The fourth-order valence-electron chi connectivity index (χ4n) is 3.26. The molecule has 0 spiro atoms. The van der Waals surface area contributed by atoms with Crippen LogP contribution in [-0.2, 0) is 23.5 Å². The molecule has 0 unspecified atom stereocenters. The third-order valence-corrected chi connectivity index (χ3v) is 7.01. The summed E-state index contributed by atoms with van der Waals surface area (Å²) in [4.78, 5) is 11.4. The summed E-state index contributed by atoms with van der Waals surface area (Å²) in [6.07, 6.45) is 0.723. The Morgan fingerprint density at radius 1 is 1.13 bits per heavy atom. The Balaban J connectivity index is 1.56. The van der Waals surface area contributed by atoms with Crippen LogP contribution in [0.5, 0.6) is 0 Å². The zero-order chi connectivity index (χ0) is 21.1. The molecular weight excluding hydrogens is 416 g/mol. The summed E-state index contributed by atoms with van der Waals surface area (Å²) in [6, 6.07) is 10.3. The van der Waals surface area contributed by atoms with Crippen molar-refractivity contribution in [2.75, 3.05) is 19.5 Å². The molecule has 1 aromatic carbocycles. The van der Waals surface area contributed by atoms with E-state index in [-0.39, 0.29) is 0 Å². The van der Waals surface area contributed by atoms with Crippen LogP contribution in [-0.4, -0.2) is 38.4 Å². The van der Waals surface area contributed by atoms with E-state index in [2.05, 4.69) is 45.7 Å². The van der Waals surface area contributed by atoms with Crippen molar-refractivity contribution in [2.24, 2.45) is 0 Å². The highest BCUT2D eigenvalue weighted by molar-refractivity contribution is 7.98. The van der Waals surface area contributed by atoms with Gasteiger partial charge in [0.2, 0.25) is 0 Å². The molecule has 3 aromatic heterocycles. The molecular formula is C21H24N6OS2. The van der Waals surface area contributed by atoms with Crippen molar-refractivity contribution in [1.29, 1.82) is 0 Å². The number of hydrogen-bond acceptors (Lipinski definition) is 8. The SMILES string of the molecule is COCCn1c(Cc2ccccc2)nnc1SCc1nc(N)c2c(C)c(C)sc2n1. The van der Waals surface area contributed by atoms with Gasteiger partial charge in [-0.25, -0.2) is 9.97 Å². The van der Waals surface area contributed by atoms with Gasteiger partial charge < -0.3 is 15.0 Å². The lowest BCUT2D eigenvalue weighted by molar-refractivity contribution is 0.184. The summed E-state index contributed by atoms with van der Waals surface area (Å²) in [5.74, 6) is 2.74. The maximum absolute atomic E-state index is 6.22. The van der Waals surface area contributed by atoms with Gasteiger partial charge in [-0.3, -0.25) is 0 Å². The maximum atomic E-state index is 6.22. The van der Waals surface area contributed by atoms with Gasteiger partial charge in [0, 0.05) is 25.0 Å². The van der Waals surface area contributed by atoms with E-state index in [1.54, 1.807) is 30.2 Å². The molecule has 0 amide bonds. The largest absolute Gasteiger partial charge is 0.383 e. The number of aryl methyl sites for hydroxylation is 2. The highest BCUT2D eigenvalue weighted by atomic mass is 32.2. The molecule has 7 nitrogen and oxygen atoms in total. The molecule has 2 N–H and O–H groups in total. The van der Waals surface area contributed by atoms with Crippen molar-refractivity contribution >= 4 is 39.1 Å². The van der Waals surface area contributed by atoms with Crippen LogP contribution >= 0.6 is 23.1 Å². The van der Waals surface area contributed by atoms with E-state index >= 15 is 0 Å². The quantitative estimate of drug-likeness (QED) is 0.414. The second kappa shape index (κ2) is 9.11. The summed E-state index contributed by atoms with van der Waals surface area (Å²) in [7, 11) is 1.70. The summed E-state index contributed by atoms with van der Waals surface area (Å²) >= 11 is 3.23. The van der Waals surface area contributed by atoms with Gasteiger partial charge in [0.05, 0.1) is 17.7 Å². The molecule has 0 fully saturated rings. The molecule has 4 aromatic rings. The minimum absolute atomic E-state index is 0.545. The summed E-state index contributed by atoms with van der Waals surface area (Å²) < 4.78 is 7.40. The maximum Gasteiger partial charge on any atom is 0.191 e. The first-order chi connectivity index (χ1) is 14.6. The van der Waals surface area contributed by atoms with Gasteiger partial charge in [0.15, 0.2) is 5.16 Å². The molecule has 0 bridgehead atoms.